The van der Waals surface area contributed by atoms with E-state index in [0.717, 1.165) is 6.42 Å². The number of carbonyl (C=O) groups is 2. The van der Waals surface area contributed by atoms with E-state index in [0.29, 0.717) is 30.9 Å². The summed E-state index contributed by atoms with van der Waals surface area (Å²) < 4.78 is 9.80. The van der Waals surface area contributed by atoms with E-state index in [9.17, 15) is 9.59 Å². The van der Waals surface area contributed by atoms with Gasteiger partial charge < -0.3 is 20.5 Å². The first-order valence-corrected chi connectivity index (χ1v) is 6.91. The van der Waals surface area contributed by atoms with Crippen LogP contribution in [-0.4, -0.2) is 38.2 Å². The van der Waals surface area contributed by atoms with Crippen molar-refractivity contribution in [3.8, 4) is 0 Å². The van der Waals surface area contributed by atoms with E-state index in [1.165, 1.54) is 0 Å². The molecule has 0 aliphatic heterocycles. The maximum absolute atomic E-state index is 11.9. The summed E-state index contributed by atoms with van der Waals surface area (Å²) in [6.45, 7) is 2.65. The summed E-state index contributed by atoms with van der Waals surface area (Å²) >= 11 is 0. The van der Waals surface area contributed by atoms with Crippen molar-refractivity contribution in [2.24, 2.45) is 5.73 Å². The molecule has 0 aliphatic carbocycles. The number of nitrogens with one attached hydrogen (secondary N) is 1. The zero-order valence-corrected chi connectivity index (χ0v) is 12.4. The van der Waals surface area contributed by atoms with E-state index in [-0.39, 0.29) is 11.9 Å². The first-order chi connectivity index (χ1) is 10.1. The Morgan fingerprint density at radius 3 is 2.52 bits per heavy atom. The van der Waals surface area contributed by atoms with Crippen molar-refractivity contribution >= 4 is 17.6 Å². The van der Waals surface area contributed by atoms with Crippen molar-refractivity contribution < 1.29 is 19.1 Å². The van der Waals surface area contributed by atoms with Crippen molar-refractivity contribution in [1.82, 2.24) is 0 Å². The average Bonchev–Trinajstić information content (AvgIpc) is 2.48. The van der Waals surface area contributed by atoms with E-state index in [2.05, 4.69) is 5.32 Å². The first kappa shape index (κ1) is 17.1. The predicted octanol–water partition coefficient (Wildman–Crippen LogP) is 1.56. The molecule has 0 bridgehead atoms. The molecular weight excluding hydrogens is 272 g/mol. The molecule has 0 fully saturated rings. The van der Waals surface area contributed by atoms with Crippen LogP contribution in [0.15, 0.2) is 24.3 Å². The number of ether oxygens (including phenoxy) is 2. The van der Waals surface area contributed by atoms with Gasteiger partial charge in [-0.1, -0.05) is 0 Å². The van der Waals surface area contributed by atoms with Gasteiger partial charge in [0.1, 0.15) is 0 Å². The highest BCUT2D eigenvalue weighted by Crippen LogP contribution is 2.11. The summed E-state index contributed by atoms with van der Waals surface area (Å²) in [7, 11) is 1.61. The van der Waals surface area contributed by atoms with Crippen LogP contribution in [0.5, 0.6) is 0 Å². The van der Waals surface area contributed by atoms with Crippen molar-refractivity contribution in [3.63, 3.8) is 0 Å². The molecule has 0 aromatic heterocycles. The van der Waals surface area contributed by atoms with Gasteiger partial charge in [0.05, 0.1) is 18.2 Å². The highest BCUT2D eigenvalue weighted by Gasteiger charge is 2.13. The van der Waals surface area contributed by atoms with Gasteiger partial charge in [0.25, 0.3) is 0 Å². The Morgan fingerprint density at radius 2 is 1.95 bits per heavy atom. The second-order valence-electron chi connectivity index (χ2n) is 4.53. The highest BCUT2D eigenvalue weighted by molar-refractivity contribution is 5.95. The lowest BCUT2D eigenvalue weighted by Crippen LogP contribution is -2.35. The van der Waals surface area contributed by atoms with E-state index in [1.807, 2.05) is 0 Å². The summed E-state index contributed by atoms with van der Waals surface area (Å²) in [6, 6.07) is 5.91. The summed E-state index contributed by atoms with van der Waals surface area (Å²) in [5, 5.41) is 2.71. The molecule has 0 radical (unpaired) electrons. The molecular formula is C15H22N2O4. The predicted molar refractivity (Wildman–Crippen MR) is 80.1 cm³/mol. The third kappa shape index (κ3) is 5.93. The van der Waals surface area contributed by atoms with Crippen LogP contribution in [0.25, 0.3) is 0 Å². The maximum atomic E-state index is 11.9. The number of amides is 1. The minimum Gasteiger partial charge on any atom is -0.462 e. The van der Waals surface area contributed by atoms with Gasteiger partial charge in [-0.3, -0.25) is 4.79 Å². The number of rotatable bonds is 8. The Bertz CT molecular complexity index is 459. The Kier molecular flexibility index (Phi) is 7.42. The smallest absolute Gasteiger partial charge is 0.338 e. The van der Waals surface area contributed by atoms with E-state index < -0.39 is 6.04 Å². The monoisotopic (exact) mass is 294 g/mol. The minimum absolute atomic E-state index is 0.255. The van der Waals surface area contributed by atoms with E-state index in [1.54, 1.807) is 38.3 Å². The quantitative estimate of drug-likeness (QED) is 0.561. The Hall–Kier alpha value is -1.92. The molecule has 6 nitrogen and oxygen atoms in total. The summed E-state index contributed by atoms with van der Waals surface area (Å²) in [5.41, 5.74) is 6.82. The number of carbonyl (C=O) groups excluding carboxylic acids is 2. The Balaban J connectivity index is 2.51. The van der Waals surface area contributed by atoms with Crippen LogP contribution in [0.2, 0.25) is 0 Å². The third-order valence-electron chi connectivity index (χ3n) is 2.86. The maximum Gasteiger partial charge on any atom is 0.338 e. The van der Waals surface area contributed by atoms with Crippen LogP contribution in [0.4, 0.5) is 5.69 Å². The molecule has 0 saturated heterocycles. The highest BCUT2D eigenvalue weighted by atomic mass is 16.5. The van der Waals surface area contributed by atoms with Gasteiger partial charge in [-0.25, -0.2) is 4.79 Å². The minimum atomic E-state index is -0.579. The number of anilines is 1. The Morgan fingerprint density at radius 1 is 1.29 bits per heavy atom. The average molecular weight is 294 g/mol. The summed E-state index contributed by atoms with van der Waals surface area (Å²) in [5.74, 6) is -0.637. The molecule has 0 aliphatic rings. The SMILES string of the molecule is CCOC(=O)c1ccc(NC(=O)C(N)CCCOC)cc1. The molecule has 21 heavy (non-hydrogen) atoms. The second kappa shape index (κ2) is 9.10. The summed E-state index contributed by atoms with van der Waals surface area (Å²) in [4.78, 5) is 23.4. The standard InChI is InChI=1S/C15H22N2O4/c1-3-21-15(19)11-6-8-12(9-7-11)17-14(18)13(16)5-4-10-20-2/h6-9,13H,3-5,10,16H2,1-2H3,(H,17,18). The number of esters is 1. The van der Waals surface area contributed by atoms with Gasteiger partial charge in [0, 0.05) is 19.4 Å². The molecule has 1 aromatic carbocycles. The molecule has 3 N–H and O–H groups in total. The van der Waals surface area contributed by atoms with E-state index >= 15 is 0 Å². The van der Waals surface area contributed by atoms with Crippen LogP contribution in [0.1, 0.15) is 30.1 Å². The Labute approximate surface area is 124 Å². The molecule has 0 heterocycles. The van der Waals surface area contributed by atoms with Gasteiger partial charge in [0.2, 0.25) is 5.91 Å². The molecule has 1 atom stereocenters. The van der Waals surface area contributed by atoms with E-state index in [4.69, 9.17) is 15.2 Å². The molecule has 6 heteroatoms. The van der Waals surface area contributed by atoms with Crippen LogP contribution in [0.3, 0.4) is 0 Å². The fraction of sp³-hybridized carbons (Fsp3) is 0.467. The molecule has 0 saturated carbocycles. The lowest BCUT2D eigenvalue weighted by atomic mass is 10.1. The number of hydrogen-bond donors (Lipinski definition) is 2. The van der Waals surface area contributed by atoms with Gasteiger partial charge in [-0.2, -0.15) is 0 Å². The molecule has 1 aromatic rings. The number of nitrogens with two attached hydrogens (primary N) is 1. The zero-order valence-electron chi connectivity index (χ0n) is 12.4. The van der Waals surface area contributed by atoms with Crippen molar-refractivity contribution in [2.75, 3.05) is 25.6 Å². The van der Waals surface area contributed by atoms with Crippen LogP contribution >= 0.6 is 0 Å². The lowest BCUT2D eigenvalue weighted by Gasteiger charge is -2.12. The fourth-order valence-corrected chi connectivity index (χ4v) is 1.72. The molecule has 1 unspecified atom stereocenters. The largest absolute Gasteiger partial charge is 0.462 e. The van der Waals surface area contributed by atoms with Crippen LogP contribution in [-0.2, 0) is 14.3 Å². The zero-order chi connectivity index (χ0) is 15.7. The number of methoxy groups -OCH3 is 1. The topological polar surface area (TPSA) is 90.7 Å². The van der Waals surface area contributed by atoms with Gasteiger partial charge in [-0.05, 0) is 44.0 Å². The molecule has 1 rings (SSSR count). The van der Waals surface area contributed by atoms with Gasteiger partial charge >= 0.3 is 5.97 Å². The lowest BCUT2D eigenvalue weighted by molar-refractivity contribution is -0.117. The molecule has 0 spiro atoms. The van der Waals surface area contributed by atoms with Crippen LogP contribution in [0, 0.1) is 0 Å². The van der Waals surface area contributed by atoms with Gasteiger partial charge in [-0.15, -0.1) is 0 Å². The fourth-order valence-electron chi connectivity index (χ4n) is 1.72. The third-order valence-corrected chi connectivity index (χ3v) is 2.86. The van der Waals surface area contributed by atoms with Crippen molar-refractivity contribution in [3.05, 3.63) is 29.8 Å². The van der Waals surface area contributed by atoms with Crippen LogP contribution < -0.4 is 11.1 Å². The summed E-state index contributed by atoms with van der Waals surface area (Å²) in [6.07, 6.45) is 1.29. The molecule has 116 valence electrons. The molecule has 1 amide bonds. The van der Waals surface area contributed by atoms with Crippen molar-refractivity contribution in [2.45, 2.75) is 25.8 Å². The van der Waals surface area contributed by atoms with Gasteiger partial charge in [0.15, 0.2) is 0 Å². The first-order valence-electron chi connectivity index (χ1n) is 6.91. The second-order valence-corrected chi connectivity index (χ2v) is 4.53. The van der Waals surface area contributed by atoms with Crippen molar-refractivity contribution in [1.29, 1.82) is 0 Å². The normalized spacial score (nSPS) is 11.8. The number of hydrogen-bond acceptors (Lipinski definition) is 5. The number of benzene rings is 1.